The number of rotatable bonds is 3. The van der Waals surface area contributed by atoms with Crippen molar-refractivity contribution in [1.82, 2.24) is 0 Å². The number of carbonyl (C=O) groups excluding carboxylic acids is 1. The van der Waals surface area contributed by atoms with E-state index in [2.05, 4.69) is 4.99 Å². The van der Waals surface area contributed by atoms with Crippen molar-refractivity contribution in [2.75, 3.05) is 25.2 Å². The molecule has 2 heterocycles. The van der Waals surface area contributed by atoms with Gasteiger partial charge in [-0.1, -0.05) is 6.07 Å². The molecule has 3 rings (SSSR count). The van der Waals surface area contributed by atoms with Crippen LogP contribution < -0.4 is 9.64 Å². The van der Waals surface area contributed by atoms with E-state index in [1.807, 2.05) is 23.3 Å². The van der Waals surface area contributed by atoms with E-state index < -0.39 is 5.97 Å². The summed E-state index contributed by atoms with van der Waals surface area (Å²) in [6, 6.07) is 5.06. The summed E-state index contributed by atoms with van der Waals surface area (Å²) in [6.07, 6.45) is 5.71. The smallest absolute Gasteiger partial charge is 0.341 e. The Kier molecular flexibility index (Phi) is 4.11. The molecule has 0 amide bonds. The molecule has 6 nitrogen and oxygen atoms in total. The molecule has 0 unspecified atom stereocenters. The Morgan fingerprint density at radius 2 is 2.36 bits per heavy atom. The van der Waals surface area contributed by atoms with E-state index in [0.29, 0.717) is 11.3 Å². The van der Waals surface area contributed by atoms with Gasteiger partial charge in [0.25, 0.3) is 0 Å². The highest BCUT2D eigenvalue weighted by Crippen LogP contribution is 2.39. The number of aliphatic hydroxyl groups is 1. The highest BCUT2D eigenvalue weighted by Gasteiger charge is 2.32. The molecule has 0 fully saturated rings. The summed E-state index contributed by atoms with van der Waals surface area (Å²) in [5, 5.41) is 9.65. The molecule has 6 heteroatoms. The third-order valence-corrected chi connectivity index (χ3v) is 3.75. The lowest BCUT2D eigenvalue weighted by molar-refractivity contribution is 0.0594. The maximum absolute atomic E-state index is 11.9. The van der Waals surface area contributed by atoms with E-state index in [1.165, 1.54) is 7.11 Å². The summed E-state index contributed by atoms with van der Waals surface area (Å²) in [6.45, 7) is 0.221. The minimum absolute atomic E-state index is 0.0608. The molecule has 0 radical (unpaired) electrons. The lowest BCUT2D eigenvalue weighted by Crippen LogP contribution is -2.45. The van der Waals surface area contributed by atoms with Crippen molar-refractivity contribution in [3.63, 3.8) is 0 Å². The van der Waals surface area contributed by atoms with Crippen molar-refractivity contribution < 1.29 is 19.4 Å². The number of para-hydroxylation sites is 1. The molecular formula is C16H18N2O4. The molecule has 116 valence electrons. The second kappa shape index (κ2) is 6.19. The maximum atomic E-state index is 11.9. The summed E-state index contributed by atoms with van der Waals surface area (Å²) in [7, 11) is 1.34. The van der Waals surface area contributed by atoms with Crippen LogP contribution in [0.1, 0.15) is 23.2 Å². The number of ether oxygens (including phenoxy) is 2. The molecule has 1 N–H and O–H groups in total. The lowest BCUT2D eigenvalue weighted by Gasteiger charge is -2.38. The summed E-state index contributed by atoms with van der Waals surface area (Å²) in [5.41, 5.74) is 1.10. The monoisotopic (exact) mass is 302 g/mol. The van der Waals surface area contributed by atoms with E-state index in [4.69, 9.17) is 9.47 Å². The van der Waals surface area contributed by atoms with Crippen molar-refractivity contribution >= 4 is 17.9 Å². The van der Waals surface area contributed by atoms with Crippen LogP contribution in [0.25, 0.3) is 0 Å². The first-order valence-corrected chi connectivity index (χ1v) is 7.23. The molecule has 1 aromatic carbocycles. The van der Waals surface area contributed by atoms with Gasteiger partial charge in [0.15, 0.2) is 5.75 Å². The van der Waals surface area contributed by atoms with Crippen LogP contribution in [0.2, 0.25) is 0 Å². The predicted octanol–water partition coefficient (Wildman–Crippen LogP) is 1.74. The predicted molar refractivity (Wildman–Crippen MR) is 82.4 cm³/mol. The number of hydrogen-bond donors (Lipinski definition) is 1. The molecule has 0 bridgehead atoms. The number of hydrogen-bond acceptors (Lipinski definition) is 6. The highest BCUT2D eigenvalue weighted by molar-refractivity contribution is 5.95. The molecule has 0 aromatic heterocycles. The second-order valence-electron chi connectivity index (χ2n) is 5.11. The van der Waals surface area contributed by atoms with Gasteiger partial charge in [0.05, 0.1) is 25.4 Å². The van der Waals surface area contributed by atoms with Crippen LogP contribution in [0.3, 0.4) is 0 Å². The molecule has 1 aromatic rings. The first kappa shape index (κ1) is 14.6. The summed E-state index contributed by atoms with van der Waals surface area (Å²) < 4.78 is 10.5. The standard InChI is InChI=1S/C16H18N2O4/c1-21-16(20)12-5-4-6-13-15(12)22-10-11(9-19)18(13)14-7-2-3-8-17-14/h4-8,11,19H,2-3,9-10H2,1H3/t11-/m0/s1. The highest BCUT2D eigenvalue weighted by atomic mass is 16.5. The largest absolute Gasteiger partial charge is 0.488 e. The van der Waals surface area contributed by atoms with Gasteiger partial charge in [0.2, 0.25) is 0 Å². The molecule has 2 aliphatic rings. The Hall–Kier alpha value is -2.34. The van der Waals surface area contributed by atoms with Gasteiger partial charge < -0.3 is 19.5 Å². The van der Waals surface area contributed by atoms with Crippen molar-refractivity contribution in [2.45, 2.75) is 18.9 Å². The normalized spacial score (nSPS) is 20.0. The van der Waals surface area contributed by atoms with Gasteiger partial charge >= 0.3 is 5.97 Å². The third-order valence-electron chi connectivity index (χ3n) is 3.75. The quantitative estimate of drug-likeness (QED) is 0.861. The number of methoxy groups -OCH3 is 1. The molecule has 0 aliphatic carbocycles. The Balaban J connectivity index is 2.08. The van der Waals surface area contributed by atoms with Crippen LogP contribution in [0, 0.1) is 0 Å². The van der Waals surface area contributed by atoms with Crippen molar-refractivity contribution in [3.05, 3.63) is 35.7 Å². The van der Waals surface area contributed by atoms with E-state index >= 15 is 0 Å². The van der Waals surface area contributed by atoms with Gasteiger partial charge in [-0.15, -0.1) is 0 Å². The van der Waals surface area contributed by atoms with Crippen molar-refractivity contribution in [3.8, 4) is 5.75 Å². The zero-order valence-electron chi connectivity index (χ0n) is 12.4. The minimum atomic E-state index is -0.444. The summed E-state index contributed by atoms with van der Waals surface area (Å²) in [5.74, 6) is 0.804. The Labute approximate surface area is 128 Å². The number of benzene rings is 1. The number of aliphatic hydroxyl groups excluding tert-OH is 1. The number of anilines is 1. The fourth-order valence-corrected chi connectivity index (χ4v) is 2.69. The summed E-state index contributed by atoms with van der Waals surface area (Å²) >= 11 is 0. The average molecular weight is 302 g/mol. The lowest BCUT2D eigenvalue weighted by atomic mass is 10.1. The SMILES string of the molecule is COC(=O)c1cccc2c1OC[C@H](CO)N2C1=CCCC=N1. The van der Waals surface area contributed by atoms with Gasteiger partial charge in [-0.2, -0.15) is 0 Å². The number of aliphatic imine (C=N–C) groups is 1. The van der Waals surface area contributed by atoms with E-state index in [-0.39, 0.29) is 19.3 Å². The van der Waals surface area contributed by atoms with Crippen LogP contribution in [-0.2, 0) is 4.74 Å². The zero-order valence-corrected chi connectivity index (χ0v) is 12.4. The van der Waals surface area contributed by atoms with Gasteiger partial charge in [0, 0.05) is 6.21 Å². The molecule has 0 spiro atoms. The first-order valence-electron chi connectivity index (χ1n) is 7.23. The van der Waals surface area contributed by atoms with E-state index in [1.54, 1.807) is 12.1 Å². The summed E-state index contributed by atoms with van der Waals surface area (Å²) in [4.78, 5) is 18.3. The van der Waals surface area contributed by atoms with Crippen LogP contribution >= 0.6 is 0 Å². The fourth-order valence-electron chi connectivity index (χ4n) is 2.69. The fraction of sp³-hybridized carbons (Fsp3) is 0.375. The third kappa shape index (κ3) is 2.46. The van der Waals surface area contributed by atoms with Gasteiger partial charge in [0.1, 0.15) is 18.0 Å². The maximum Gasteiger partial charge on any atom is 0.341 e. The van der Waals surface area contributed by atoms with Crippen LogP contribution in [0.4, 0.5) is 5.69 Å². The number of esters is 1. The molecule has 1 atom stereocenters. The number of nitrogens with zero attached hydrogens (tertiary/aromatic N) is 2. The molecule has 0 saturated heterocycles. The number of fused-ring (bicyclic) bond motifs is 1. The van der Waals surface area contributed by atoms with E-state index in [0.717, 1.165) is 24.4 Å². The Bertz CT molecular complexity index is 639. The Morgan fingerprint density at radius 1 is 1.50 bits per heavy atom. The molecule has 2 aliphatic heterocycles. The number of carbonyl (C=O) groups is 1. The van der Waals surface area contributed by atoms with Crippen LogP contribution in [0.15, 0.2) is 35.1 Å². The van der Waals surface area contributed by atoms with Crippen LogP contribution in [-0.4, -0.2) is 43.7 Å². The van der Waals surface area contributed by atoms with Crippen LogP contribution in [0.5, 0.6) is 5.75 Å². The van der Waals surface area contributed by atoms with Crippen molar-refractivity contribution in [1.29, 1.82) is 0 Å². The van der Waals surface area contributed by atoms with Gasteiger partial charge in [-0.05, 0) is 31.1 Å². The first-order chi connectivity index (χ1) is 10.8. The van der Waals surface area contributed by atoms with Crippen molar-refractivity contribution in [2.24, 2.45) is 4.99 Å². The molecule has 22 heavy (non-hydrogen) atoms. The average Bonchev–Trinajstić information content (AvgIpc) is 2.60. The topological polar surface area (TPSA) is 71.4 Å². The molecule has 0 saturated carbocycles. The minimum Gasteiger partial charge on any atom is -0.488 e. The zero-order chi connectivity index (χ0) is 15.5. The van der Waals surface area contributed by atoms with Gasteiger partial charge in [-0.25, -0.2) is 9.79 Å². The Morgan fingerprint density at radius 3 is 3.05 bits per heavy atom. The number of allylic oxidation sites excluding steroid dienone is 1. The van der Waals surface area contributed by atoms with Gasteiger partial charge in [-0.3, -0.25) is 0 Å². The second-order valence-corrected chi connectivity index (χ2v) is 5.11. The van der Waals surface area contributed by atoms with E-state index in [9.17, 15) is 9.90 Å². The molecular weight excluding hydrogens is 284 g/mol.